The number of primary amides is 1. The van der Waals surface area contributed by atoms with Crippen LogP contribution in [0.15, 0.2) is 36.4 Å². The third-order valence-corrected chi connectivity index (χ3v) is 2.84. The maximum atomic E-state index is 11.0. The normalized spacial score (nSPS) is 10.5. The number of benzene rings is 2. The molecule has 17 heavy (non-hydrogen) atoms. The van der Waals surface area contributed by atoms with Crippen molar-refractivity contribution in [3.05, 3.63) is 42.0 Å². The van der Waals surface area contributed by atoms with Crippen molar-refractivity contribution in [2.24, 2.45) is 5.73 Å². The van der Waals surface area contributed by atoms with Crippen LogP contribution < -0.4 is 10.6 Å². The molecule has 0 aromatic heterocycles. The highest BCUT2D eigenvalue weighted by Gasteiger charge is 2.05. The first-order valence-electron chi connectivity index (χ1n) is 5.55. The van der Waals surface area contributed by atoms with Gasteiger partial charge in [-0.3, -0.25) is 4.79 Å². The number of fused-ring (bicyclic) bond motifs is 1. The van der Waals surface area contributed by atoms with Crippen LogP contribution in [0, 0.1) is 0 Å². The van der Waals surface area contributed by atoms with Crippen molar-refractivity contribution >= 4 is 22.4 Å². The molecule has 0 aliphatic carbocycles. The van der Waals surface area contributed by atoms with E-state index in [4.69, 9.17) is 5.73 Å². The van der Waals surface area contributed by atoms with E-state index in [9.17, 15) is 4.79 Å². The van der Waals surface area contributed by atoms with Crippen molar-refractivity contribution in [3.63, 3.8) is 0 Å². The Labute approximate surface area is 101 Å². The van der Waals surface area contributed by atoms with Crippen LogP contribution in [0.1, 0.15) is 5.56 Å². The van der Waals surface area contributed by atoms with E-state index in [0.717, 1.165) is 22.0 Å². The van der Waals surface area contributed by atoms with Gasteiger partial charge in [-0.15, -0.1) is 0 Å². The number of hydrogen-bond acceptors (Lipinski definition) is 2. The second kappa shape index (κ2) is 4.45. The molecule has 3 heteroatoms. The summed E-state index contributed by atoms with van der Waals surface area (Å²) in [5.74, 6) is -0.297. The largest absolute Gasteiger partial charge is 0.378 e. The molecule has 3 nitrogen and oxygen atoms in total. The fraction of sp³-hybridized carbons (Fsp3) is 0.214. The Balaban J connectivity index is 2.54. The zero-order valence-electron chi connectivity index (χ0n) is 10.1. The first-order chi connectivity index (χ1) is 8.08. The van der Waals surface area contributed by atoms with Gasteiger partial charge in [-0.25, -0.2) is 0 Å². The van der Waals surface area contributed by atoms with Crippen LogP contribution in [0.5, 0.6) is 0 Å². The van der Waals surface area contributed by atoms with Gasteiger partial charge in [0.2, 0.25) is 5.91 Å². The van der Waals surface area contributed by atoms with Gasteiger partial charge >= 0.3 is 0 Å². The van der Waals surface area contributed by atoms with Crippen molar-refractivity contribution in [1.82, 2.24) is 0 Å². The Kier molecular flexibility index (Phi) is 3.00. The van der Waals surface area contributed by atoms with Gasteiger partial charge in [-0.05, 0) is 28.5 Å². The molecular formula is C14H16N2O. The summed E-state index contributed by atoms with van der Waals surface area (Å²) in [6.45, 7) is 0. The molecule has 0 bridgehead atoms. The van der Waals surface area contributed by atoms with Crippen LogP contribution in [0.25, 0.3) is 10.8 Å². The number of carbonyl (C=O) groups is 1. The van der Waals surface area contributed by atoms with Crippen LogP contribution >= 0.6 is 0 Å². The maximum Gasteiger partial charge on any atom is 0.221 e. The molecule has 1 amide bonds. The smallest absolute Gasteiger partial charge is 0.221 e. The molecule has 0 heterocycles. The Bertz CT molecular complexity index is 561. The highest BCUT2D eigenvalue weighted by atomic mass is 16.1. The molecule has 0 unspecified atom stereocenters. The predicted molar refractivity (Wildman–Crippen MR) is 71.2 cm³/mol. The lowest BCUT2D eigenvalue weighted by Gasteiger charge is -2.14. The molecule has 0 aliphatic heterocycles. The first-order valence-corrected chi connectivity index (χ1v) is 5.55. The molecule has 88 valence electrons. The zero-order chi connectivity index (χ0) is 12.4. The molecule has 2 aromatic rings. The van der Waals surface area contributed by atoms with E-state index in [0.29, 0.717) is 6.42 Å². The van der Waals surface area contributed by atoms with Crippen LogP contribution in [0.2, 0.25) is 0 Å². The van der Waals surface area contributed by atoms with E-state index in [2.05, 4.69) is 11.0 Å². The number of rotatable bonds is 3. The molecule has 2 aromatic carbocycles. The fourth-order valence-electron chi connectivity index (χ4n) is 1.96. The second-order valence-electron chi connectivity index (χ2n) is 4.36. The lowest BCUT2D eigenvalue weighted by molar-refractivity contribution is -0.117. The van der Waals surface area contributed by atoms with E-state index < -0.39 is 0 Å². The van der Waals surface area contributed by atoms with E-state index in [-0.39, 0.29) is 5.91 Å². The van der Waals surface area contributed by atoms with Crippen molar-refractivity contribution in [1.29, 1.82) is 0 Å². The van der Waals surface area contributed by atoms with Crippen LogP contribution in [0.3, 0.4) is 0 Å². The minimum Gasteiger partial charge on any atom is -0.378 e. The summed E-state index contributed by atoms with van der Waals surface area (Å²) in [6, 6.07) is 12.2. The van der Waals surface area contributed by atoms with Gasteiger partial charge in [0.05, 0.1) is 6.42 Å². The quantitative estimate of drug-likeness (QED) is 0.872. The van der Waals surface area contributed by atoms with Crippen molar-refractivity contribution in [2.75, 3.05) is 19.0 Å². The molecule has 2 N–H and O–H groups in total. The number of carbonyl (C=O) groups excluding carboxylic acids is 1. The SMILES string of the molecule is CN(C)c1ccc2c(CC(N)=O)cccc2c1. The van der Waals surface area contributed by atoms with Crippen molar-refractivity contribution in [2.45, 2.75) is 6.42 Å². The summed E-state index contributed by atoms with van der Waals surface area (Å²) >= 11 is 0. The molecule has 0 fully saturated rings. The number of nitrogens with two attached hydrogens (primary N) is 1. The number of hydrogen-bond donors (Lipinski definition) is 1. The zero-order valence-corrected chi connectivity index (χ0v) is 10.1. The van der Waals surface area contributed by atoms with Gasteiger partial charge in [-0.1, -0.05) is 24.3 Å². The number of nitrogens with zero attached hydrogens (tertiary/aromatic N) is 1. The summed E-state index contributed by atoms with van der Waals surface area (Å²) in [5, 5.41) is 2.23. The number of anilines is 1. The van der Waals surface area contributed by atoms with E-state index in [1.54, 1.807) is 0 Å². The van der Waals surface area contributed by atoms with Crippen molar-refractivity contribution < 1.29 is 4.79 Å². The van der Waals surface area contributed by atoms with Crippen LogP contribution in [-0.4, -0.2) is 20.0 Å². The maximum absolute atomic E-state index is 11.0. The third-order valence-electron chi connectivity index (χ3n) is 2.84. The van der Waals surface area contributed by atoms with E-state index in [1.165, 1.54) is 0 Å². The molecule has 0 aliphatic rings. The molecule has 0 saturated heterocycles. The van der Waals surface area contributed by atoms with Crippen LogP contribution in [0.4, 0.5) is 5.69 Å². The van der Waals surface area contributed by atoms with E-state index in [1.807, 2.05) is 44.4 Å². The topological polar surface area (TPSA) is 46.3 Å². The first kappa shape index (κ1) is 11.5. The predicted octanol–water partition coefficient (Wildman–Crippen LogP) is 1.93. The fourth-order valence-corrected chi connectivity index (χ4v) is 1.96. The summed E-state index contributed by atoms with van der Waals surface area (Å²) in [5.41, 5.74) is 7.38. The van der Waals surface area contributed by atoms with Gasteiger partial charge in [-0.2, -0.15) is 0 Å². The molecule has 0 radical (unpaired) electrons. The average Bonchev–Trinajstić information content (AvgIpc) is 2.28. The van der Waals surface area contributed by atoms with Gasteiger partial charge in [0.1, 0.15) is 0 Å². The second-order valence-corrected chi connectivity index (χ2v) is 4.36. The van der Waals surface area contributed by atoms with Gasteiger partial charge in [0, 0.05) is 19.8 Å². The Morgan fingerprint density at radius 1 is 1.24 bits per heavy atom. The summed E-state index contributed by atoms with van der Waals surface area (Å²) in [7, 11) is 4.02. The highest BCUT2D eigenvalue weighted by Crippen LogP contribution is 2.24. The number of amides is 1. The summed E-state index contributed by atoms with van der Waals surface area (Å²) in [4.78, 5) is 13.1. The van der Waals surface area contributed by atoms with Crippen LogP contribution in [-0.2, 0) is 11.2 Å². The summed E-state index contributed by atoms with van der Waals surface area (Å²) in [6.07, 6.45) is 0.290. The minimum absolute atomic E-state index is 0.290. The molecule has 0 atom stereocenters. The summed E-state index contributed by atoms with van der Waals surface area (Å²) < 4.78 is 0. The monoisotopic (exact) mass is 228 g/mol. The Hall–Kier alpha value is -2.03. The standard InChI is InChI=1S/C14H16N2O/c1-16(2)12-6-7-13-10(8-12)4-3-5-11(13)9-14(15)17/h3-8H,9H2,1-2H3,(H2,15,17). The Morgan fingerprint density at radius 2 is 2.00 bits per heavy atom. The Morgan fingerprint density at radius 3 is 2.65 bits per heavy atom. The average molecular weight is 228 g/mol. The lowest BCUT2D eigenvalue weighted by atomic mass is 10.0. The molecule has 2 rings (SSSR count). The highest BCUT2D eigenvalue weighted by molar-refractivity contribution is 5.91. The molecular weight excluding hydrogens is 212 g/mol. The van der Waals surface area contributed by atoms with Gasteiger partial charge < -0.3 is 10.6 Å². The third kappa shape index (κ3) is 2.38. The van der Waals surface area contributed by atoms with E-state index >= 15 is 0 Å². The van der Waals surface area contributed by atoms with Gasteiger partial charge in [0.25, 0.3) is 0 Å². The molecule has 0 spiro atoms. The minimum atomic E-state index is -0.297. The molecule has 0 saturated carbocycles. The van der Waals surface area contributed by atoms with Crippen molar-refractivity contribution in [3.8, 4) is 0 Å². The lowest BCUT2D eigenvalue weighted by Crippen LogP contribution is -2.13. The van der Waals surface area contributed by atoms with Gasteiger partial charge in [0.15, 0.2) is 0 Å².